The molecule has 0 aliphatic rings. The third-order valence-corrected chi connectivity index (χ3v) is 3.03. The van der Waals surface area contributed by atoms with Crippen molar-refractivity contribution in [3.05, 3.63) is 0 Å². The SMILES string of the molecule is CCCC(C)NC(=O)CN(CC(=O)O)C(C)CC. The molecule has 1 amide bonds. The van der Waals surface area contributed by atoms with E-state index in [1.54, 1.807) is 4.90 Å². The molecule has 2 atom stereocenters. The summed E-state index contributed by atoms with van der Waals surface area (Å²) in [5, 5.41) is 11.7. The minimum atomic E-state index is -0.898. The van der Waals surface area contributed by atoms with Crippen LogP contribution in [0.5, 0.6) is 0 Å². The van der Waals surface area contributed by atoms with E-state index in [0.29, 0.717) is 0 Å². The number of rotatable bonds is 9. The zero-order valence-electron chi connectivity index (χ0n) is 11.9. The van der Waals surface area contributed by atoms with Crippen molar-refractivity contribution >= 4 is 11.9 Å². The second kappa shape index (κ2) is 8.91. The zero-order valence-corrected chi connectivity index (χ0v) is 11.9. The highest BCUT2D eigenvalue weighted by Crippen LogP contribution is 2.03. The number of nitrogens with zero attached hydrogens (tertiary/aromatic N) is 1. The van der Waals surface area contributed by atoms with E-state index in [9.17, 15) is 9.59 Å². The first-order chi connectivity index (χ1) is 8.40. The van der Waals surface area contributed by atoms with E-state index in [2.05, 4.69) is 12.2 Å². The van der Waals surface area contributed by atoms with Crippen molar-refractivity contribution < 1.29 is 14.7 Å². The molecule has 0 bridgehead atoms. The van der Waals surface area contributed by atoms with Gasteiger partial charge in [0.05, 0.1) is 13.1 Å². The summed E-state index contributed by atoms with van der Waals surface area (Å²) in [6.07, 6.45) is 2.78. The molecule has 2 N–H and O–H groups in total. The highest BCUT2D eigenvalue weighted by Gasteiger charge is 2.19. The molecule has 18 heavy (non-hydrogen) atoms. The van der Waals surface area contributed by atoms with Gasteiger partial charge in [-0.1, -0.05) is 20.3 Å². The standard InChI is InChI=1S/C13H26N2O3/c1-5-7-10(3)14-12(16)8-15(9-13(17)18)11(4)6-2/h10-11H,5-9H2,1-4H3,(H,14,16)(H,17,18). The first-order valence-corrected chi connectivity index (χ1v) is 6.65. The van der Waals surface area contributed by atoms with Crippen LogP contribution in [0.15, 0.2) is 0 Å². The molecular formula is C13H26N2O3. The Kier molecular flexibility index (Phi) is 8.37. The second-order valence-corrected chi connectivity index (χ2v) is 4.81. The van der Waals surface area contributed by atoms with Crippen LogP contribution >= 0.6 is 0 Å². The predicted octanol–water partition coefficient (Wildman–Crippen LogP) is 1.48. The quantitative estimate of drug-likeness (QED) is 0.657. The fourth-order valence-electron chi connectivity index (χ4n) is 1.81. The summed E-state index contributed by atoms with van der Waals surface area (Å²) in [6.45, 7) is 8.01. The maximum Gasteiger partial charge on any atom is 0.317 e. The highest BCUT2D eigenvalue weighted by atomic mass is 16.4. The molecule has 0 saturated carbocycles. The molecule has 0 aromatic rings. The summed E-state index contributed by atoms with van der Waals surface area (Å²) in [4.78, 5) is 24.2. The molecule has 0 rings (SSSR count). The Morgan fingerprint density at radius 2 is 1.83 bits per heavy atom. The van der Waals surface area contributed by atoms with Gasteiger partial charge in [-0.05, 0) is 26.7 Å². The van der Waals surface area contributed by atoms with E-state index in [1.165, 1.54) is 0 Å². The molecule has 0 radical (unpaired) electrons. The molecule has 0 heterocycles. The lowest BCUT2D eigenvalue weighted by atomic mass is 10.2. The Morgan fingerprint density at radius 3 is 2.28 bits per heavy atom. The summed E-state index contributed by atoms with van der Waals surface area (Å²) in [7, 11) is 0. The van der Waals surface area contributed by atoms with Gasteiger partial charge in [0.1, 0.15) is 0 Å². The van der Waals surface area contributed by atoms with Crippen LogP contribution < -0.4 is 5.32 Å². The predicted molar refractivity (Wildman–Crippen MR) is 71.5 cm³/mol. The lowest BCUT2D eigenvalue weighted by Gasteiger charge is -2.26. The number of aliphatic carboxylic acids is 1. The van der Waals surface area contributed by atoms with Crippen LogP contribution in [0, 0.1) is 0 Å². The topological polar surface area (TPSA) is 69.6 Å². The third-order valence-electron chi connectivity index (χ3n) is 3.03. The molecule has 0 aromatic carbocycles. The van der Waals surface area contributed by atoms with Crippen molar-refractivity contribution in [2.24, 2.45) is 0 Å². The van der Waals surface area contributed by atoms with Crippen LogP contribution in [0.1, 0.15) is 47.0 Å². The van der Waals surface area contributed by atoms with Crippen LogP contribution in [0.25, 0.3) is 0 Å². The molecule has 0 aromatic heterocycles. The number of carboxylic acids is 1. The lowest BCUT2D eigenvalue weighted by Crippen LogP contribution is -2.46. The van der Waals surface area contributed by atoms with Gasteiger partial charge in [0, 0.05) is 12.1 Å². The van der Waals surface area contributed by atoms with Gasteiger partial charge >= 0.3 is 5.97 Å². The fraction of sp³-hybridized carbons (Fsp3) is 0.846. The molecule has 0 aliphatic heterocycles. The number of nitrogens with one attached hydrogen (secondary N) is 1. The molecule has 106 valence electrons. The van der Waals surface area contributed by atoms with E-state index >= 15 is 0 Å². The van der Waals surface area contributed by atoms with Crippen molar-refractivity contribution in [3.63, 3.8) is 0 Å². The van der Waals surface area contributed by atoms with Gasteiger partial charge in [0.25, 0.3) is 0 Å². The normalized spacial score (nSPS) is 14.3. The van der Waals surface area contributed by atoms with E-state index in [1.807, 2.05) is 20.8 Å². The molecule has 0 spiro atoms. The Morgan fingerprint density at radius 1 is 1.22 bits per heavy atom. The van der Waals surface area contributed by atoms with Gasteiger partial charge in [0.15, 0.2) is 0 Å². The van der Waals surface area contributed by atoms with Crippen molar-refractivity contribution in [2.75, 3.05) is 13.1 Å². The Balaban J connectivity index is 4.30. The van der Waals surface area contributed by atoms with Gasteiger partial charge in [-0.2, -0.15) is 0 Å². The zero-order chi connectivity index (χ0) is 14.1. The third kappa shape index (κ3) is 7.27. The molecule has 0 fully saturated rings. The van der Waals surface area contributed by atoms with Gasteiger partial charge in [-0.3, -0.25) is 14.5 Å². The van der Waals surface area contributed by atoms with Crippen LogP contribution in [0.3, 0.4) is 0 Å². The molecule has 5 nitrogen and oxygen atoms in total. The van der Waals surface area contributed by atoms with Crippen LogP contribution in [0.2, 0.25) is 0 Å². The monoisotopic (exact) mass is 258 g/mol. The number of carbonyl (C=O) groups is 2. The minimum Gasteiger partial charge on any atom is -0.480 e. The number of hydrogen-bond donors (Lipinski definition) is 2. The number of hydrogen-bond acceptors (Lipinski definition) is 3. The molecule has 5 heteroatoms. The Bertz CT molecular complexity index is 269. The first kappa shape index (κ1) is 16.9. The number of carbonyl (C=O) groups excluding carboxylic acids is 1. The van der Waals surface area contributed by atoms with Gasteiger partial charge in [-0.15, -0.1) is 0 Å². The molecule has 0 aliphatic carbocycles. The maximum absolute atomic E-state index is 11.8. The van der Waals surface area contributed by atoms with Crippen molar-refractivity contribution in [2.45, 2.75) is 59.0 Å². The first-order valence-electron chi connectivity index (χ1n) is 6.65. The molecule has 2 unspecified atom stereocenters. The summed E-state index contributed by atoms with van der Waals surface area (Å²) in [5.74, 6) is -0.998. The van der Waals surface area contributed by atoms with E-state index in [4.69, 9.17) is 5.11 Å². The Hall–Kier alpha value is -1.10. The van der Waals surface area contributed by atoms with Gasteiger partial charge < -0.3 is 10.4 Å². The minimum absolute atomic E-state index is 0.0910. The molecule has 0 saturated heterocycles. The van der Waals surface area contributed by atoms with Gasteiger partial charge in [0.2, 0.25) is 5.91 Å². The summed E-state index contributed by atoms with van der Waals surface area (Å²) in [5.41, 5.74) is 0. The van der Waals surface area contributed by atoms with E-state index in [-0.39, 0.29) is 31.1 Å². The Labute approximate surface area is 110 Å². The fourth-order valence-corrected chi connectivity index (χ4v) is 1.81. The van der Waals surface area contributed by atoms with E-state index in [0.717, 1.165) is 19.3 Å². The van der Waals surface area contributed by atoms with Crippen molar-refractivity contribution in [1.82, 2.24) is 10.2 Å². The van der Waals surface area contributed by atoms with E-state index < -0.39 is 5.97 Å². The van der Waals surface area contributed by atoms with Gasteiger partial charge in [-0.25, -0.2) is 0 Å². The smallest absolute Gasteiger partial charge is 0.317 e. The maximum atomic E-state index is 11.8. The van der Waals surface area contributed by atoms with Crippen molar-refractivity contribution in [1.29, 1.82) is 0 Å². The largest absolute Gasteiger partial charge is 0.480 e. The summed E-state index contributed by atoms with van der Waals surface area (Å²) >= 11 is 0. The second-order valence-electron chi connectivity index (χ2n) is 4.81. The summed E-state index contributed by atoms with van der Waals surface area (Å²) in [6, 6.07) is 0.236. The average molecular weight is 258 g/mol. The van der Waals surface area contributed by atoms with Crippen LogP contribution in [-0.2, 0) is 9.59 Å². The number of amides is 1. The molecular weight excluding hydrogens is 232 g/mol. The van der Waals surface area contributed by atoms with Crippen LogP contribution in [0.4, 0.5) is 0 Å². The van der Waals surface area contributed by atoms with Crippen LogP contribution in [-0.4, -0.2) is 47.1 Å². The summed E-state index contributed by atoms with van der Waals surface area (Å²) < 4.78 is 0. The lowest BCUT2D eigenvalue weighted by molar-refractivity contribution is -0.139. The highest BCUT2D eigenvalue weighted by molar-refractivity contribution is 5.79. The van der Waals surface area contributed by atoms with Crippen molar-refractivity contribution in [3.8, 4) is 0 Å². The number of carboxylic acid groups (broad SMARTS) is 1. The average Bonchev–Trinajstić information content (AvgIpc) is 2.26.